The first-order valence-electron chi connectivity index (χ1n) is 12.6. The van der Waals surface area contributed by atoms with E-state index in [0.29, 0.717) is 24.8 Å². The molecule has 1 aromatic carbocycles. The van der Waals surface area contributed by atoms with Crippen LogP contribution in [0.2, 0.25) is 18.1 Å². The van der Waals surface area contributed by atoms with E-state index >= 15 is 0 Å². The van der Waals surface area contributed by atoms with Crippen LogP contribution in [0.15, 0.2) is 35.5 Å². The van der Waals surface area contributed by atoms with E-state index in [1.54, 1.807) is 39.8 Å². The van der Waals surface area contributed by atoms with Crippen molar-refractivity contribution in [2.75, 3.05) is 13.2 Å². The van der Waals surface area contributed by atoms with Crippen molar-refractivity contribution < 1.29 is 26.8 Å². The Kier molecular flexibility index (Phi) is 9.93. The number of sulfone groups is 1. The standard InChI is InChI=1S/C27H42FN2O5SSi/c1-10-23(36(32,33)22-15-13-14-20-18-29-19-21(28)24(20)22)30(25(31)35-26(2,3)4)16-11-12-17-34-37(8,9)27(5,6)7/h10,13-15,18-19,23H,11-12,16-17H2,1-9H3/t23-/m0/s1. The highest BCUT2D eigenvalue weighted by molar-refractivity contribution is 7.92. The molecule has 0 saturated heterocycles. The second-order valence-electron chi connectivity index (χ2n) is 11.7. The molecule has 0 unspecified atom stereocenters. The van der Waals surface area contributed by atoms with E-state index in [1.807, 2.05) is 0 Å². The quantitative estimate of drug-likeness (QED) is 0.239. The molecule has 0 bridgehead atoms. The van der Waals surface area contributed by atoms with Gasteiger partial charge in [-0.3, -0.25) is 9.88 Å². The van der Waals surface area contributed by atoms with Gasteiger partial charge in [-0.15, -0.1) is 0 Å². The summed E-state index contributed by atoms with van der Waals surface area (Å²) in [4.78, 5) is 18.1. The summed E-state index contributed by atoms with van der Waals surface area (Å²) in [5, 5.41) is -0.949. The number of carbonyl (C=O) groups excluding carboxylic acids is 1. The van der Waals surface area contributed by atoms with Crippen LogP contribution in [0.5, 0.6) is 0 Å². The first kappa shape index (κ1) is 31.2. The van der Waals surface area contributed by atoms with Gasteiger partial charge < -0.3 is 9.16 Å². The third-order valence-corrected chi connectivity index (χ3v) is 13.3. The van der Waals surface area contributed by atoms with Gasteiger partial charge in [-0.2, -0.15) is 0 Å². The molecule has 1 aromatic heterocycles. The van der Waals surface area contributed by atoms with Crippen LogP contribution < -0.4 is 0 Å². The minimum absolute atomic E-state index is 0.0451. The molecule has 207 valence electrons. The number of hydrogen-bond donors (Lipinski definition) is 0. The van der Waals surface area contributed by atoms with Gasteiger partial charge in [0.2, 0.25) is 9.84 Å². The number of rotatable bonds is 10. The molecule has 1 atom stereocenters. The highest BCUT2D eigenvalue weighted by atomic mass is 32.2. The lowest BCUT2D eigenvalue weighted by atomic mass is 10.2. The molecule has 1 radical (unpaired) electrons. The lowest BCUT2D eigenvalue weighted by Crippen LogP contribution is -2.47. The number of unbranched alkanes of at least 4 members (excludes halogenated alkanes) is 1. The molecule has 1 amide bonds. The zero-order valence-corrected chi connectivity index (χ0v) is 25.4. The minimum Gasteiger partial charge on any atom is -0.444 e. The molecule has 7 nitrogen and oxygen atoms in total. The van der Waals surface area contributed by atoms with E-state index in [1.165, 1.54) is 23.6 Å². The van der Waals surface area contributed by atoms with E-state index in [-0.39, 0.29) is 21.9 Å². The Balaban J connectivity index is 2.35. The van der Waals surface area contributed by atoms with Crippen LogP contribution in [0.25, 0.3) is 10.8 Å². The zero-order chi connectivity index (χ0) is 28.2. The number of nitrogens with zero attached hydrogens (tertiary/aromatic N) is 2. The lowest BCUT2D eigenvalue weighted by molar-refractivity contribution is 0.0233. The Morgan fingerprint density at radius 3 is 2.35 bits per heavy atom. The van der Waals surface area contributed by atoms with Crippen molar-refractivity contribution in [1.29, 1.82) is 0 Å². The number of aromatic nitrogens is 1. The van der Waals surface area contributed by atoms with Crippen molar-refractivity contribution in [2.24, 2.45) is 0 Å². The van der Waals surface area contributed by atoms with Crippen LogP contribution in [0.4, 0.5) is 9.18 Å². The average molecular weight is 554 g/mol. The number of ether oxygens (including phenoxy) is 1. The van der Waals surface area contributed by atoms with Crippen LogP contribution in [0, 0.1) is 12.2 Å². The predicted octanol–water partition coefficient (Wildman–Crippen LogP) is 6.74. The van der Waals surface area contributed by atoms with E-state index in [2.05, 4.69) is 38.8 Å². The van der Waals surface area contributed by atoms with Gasteiger partial charge in [0.25, 0.3) is 0 Å². The molecule has 0 aliphatic carbocycles. The Morgan fingerprint density at radius 1 is 1.14 bits per heavy atom. The van der Waals surface area contributed by atoms with Gasteiger partial charge in [-0.05, 0) is 64.2 Å². The van der Waals surface area contributed by atoms with Gasteiger partial charge >= 0.3 is 6.09 Å². The fourth-order valence-corrected chi connectivity index (χ4v) is 6.62. The fraction of sp³-hybridized carbons (Fsp3) is 0.593. The molecule has 0 fully saturated rings. The first-order valence-corrected chi connectivity index (χ1v) is 17.1. The molecule has 0 spiro atoms. The number of fused-ring (bicyclic) bond motifs is 1. The third kappa shape index (κ3) is 7.74. The summed E-state index contributed by atoms with van der Waals surface area (Å²) in [6.07, 6.45) is 4.25. The Labute approximate surface area is 222 Å². The topological polar surface area (TPSA) is 85.8 Å². The summed E-state index contributed by atoms with van der Waals surface area (Å²) in [5.41, 5.74) is -0.819. The molecular weight excluding hydrogens is 511 g/mol. The highest BCUT2D eigenvalue weighted by Gasteiger charge is 2.39. The molecule has 0 aliphatic rings. The molecule has 2 rings (SSSR count). The maximum atomic E-state index is 14.7. The molecule has 2 aromatic rings. The van der Waals surface area contributed by atoms with Gasteiger partial charge in [-0.25, -0.2) is 17.6 Å². The lowest BCUT2D eigenvalue weighted by Gasteiger charge is -2.36. The SMILES string of the molecule is C[CH][C@@H](N(CCCCO[Si](C)(C)C(C)(C)C)C(=O)OC(C)(C)C)S(=O)(=O)c1cccc2cncc(F)c12. The maximum absolute atomic E-state index is 14.7. The third-order valence-electron chi connectivity index (χ3n) is 6.61. The van der Waals surface area contributed by atoms with E-state index in [4.69, 9.17) is 9.16 Å². The summed E-state index contributed by atoms with van der Waals surface area (Å²) in [6.45, 7) is 18.3. The van der Waals surface area contributed by atoms with Crippen molar-refractivity contribution in [3.63, 3.8) is 0 Å². The number of carbonyl (C=O) groups is 1. The maximum Gasteiger partial charge on any atom is 0.411 e. The average Bonchev–Trinajstić information content (AvgIpc) is 2.75. The largest absolute Gasteiger partial charge is 0.444 e. The number of benzene rings is 1. The van der Waals surface area contributed by atoms with Crippen molar-refractivity contribution in [2.45, 2.75) is 95.3 Å². The Hall–Kier alpha value is -2.04. The highest BCUT2D eigenvalue weighted by Crippen LogP contribution is 2.36. The van der Waals surface area contributed by atoms with Crippen LogP contribution in [0.3, 0.4) is 0 Å². The van der Waals surface area contributed by atoms with E-state index < -0.39 is 41.0 Å². The zero-order valence-electron chi connectivity index (χ0n) is 23.6. The molecule has 10 heteroatoms. The predicted molar refractivity (Wildman–Crippen MR) is 148 cm³/mol. The normalized spacial score (nSPS) is 14.0. The molecular formula is C27H42FN2O5SSi. The van der Waals surface area contributed by atoms with Gasteiger partial charge in [0, 0.05) is 30.1 Å². The van der Waals surface area contributed by atoms with Crippen LogP contribution in [-0.4, -0.2) is 56.8 Å². The van der Waals surface area contributed by atoms with Gasteiger partial charge in [0.15, 0.2) is 14.1 Å². The molecule has 0 aliphatic heterocycles. The van der Waals surface area contributed by atoms with Crippen LogP contribution in [0.1, 0.15) is 61.3 Å². The summed E-state index contributed by atoms with van der Waals surface area (Å²) in [6, 6.07) is 4.50. The van der Waals surface area contributed by atoms with Gasteiger partial charge in [-0.1, -0.05) is 39.8 Å². The number of pyridine rings is 1. The van der Waals surface area contributed by atoms with Crippen molar-refractivity contribution in [3.05, 3.63) is 42.8 Å². The second-order valence-corrected chi connectivity index (χ2v) is 18.6. The number of amides is 1. The first-order chi connectivity index (χ1) is 16.9. The van der Waals surface area contributed by atoms with Crippen LogP contribution >= 0.6 is 0 Å². The monoisotopic (exact) mass is 553 g/mol. The fourth-order valence-electron chi connectivity index (χ4n) is 3.62. The Morgan fingerprint density at radius 2 is 1.78 bits per heavy atom. The van der Waals surface area contributed by atoms with Gasteiger partial charge in [0.05, 0.1) is 11.1 Å². The summed E-state index contributed by atoms with van der Waals surface area (Å²) < 4.78 is 54.3. The molecule has 1 heterocycles. The number of halogens is 1. The van der Waals surface area contributed by atoms with E-state index in [0.717, 1.165) is 6.20 Å². The van der Waals surface area contributed by atoms with E-state index in [9.17, 15) is 17.6 Å². The number of hydrogen-bond acceptors (Lipinski definition) is 6. The summed E-state index contributed by atoms with van der Waals surface area (Å²) >= 11 is 0. The molecule has 37 heavy (non-hydrogen) atoms. The molecule has 0 N–H and O–H groups in total. The second kappa shape index (κ2) is 11.8. The van der Waals surface area contributed by atoms with Crippen LogP contribution in [-0.2, 0) is 19.0 Å². The molecule has 0 saturated carbocycles. The summed E-state index contributed by atoms with van der Waals surface area (Å²) in [5.74, 6) is -0.738. The van der Waals surface area contributed by atoms with Crippen molar-refractivity contribution in [1.82, 2.24) is 9.88 Å². The van der Waals surface area contributed by atoms with Crippen molar-refractivity contribution in [3.8, 4) is 0 Å². The minimum atomic E-state index is -4.21. The Bertz CT molecular complexity index is 1180. The summed E-state index contributed by atoms with van der Waals surface area (Å²) in [7, 11) is -6.13. The van der Waals surface area contributed by atoms with Gasteiger partial charge in [0.1, 0.15) is 11.0 Å². The van der Waals surface area contributed by atoms with Crippen molar-refractivity contribution >= 4 is 35.0 Å². The smallest absolute Gasteiger partial charge is 0.411 e.